The Hall–Kier alpha value is -2.61. The average Bonchev–Trinajstić information content (AvgIpc) is 2.66. The van der Waals surface area contributed by atoms with Crippen LogP contribution in [0, 0.1) is 0 Å². The first-order valence-electron chi connectivity index (χ1n) is 8.71. The summed E-state index contributed by atoms with van der Waals surface area (Å²) < 4.78 is 6.98. The van der Waals surface area contributed by atoms with Gasteiger partial charge in [0.2, 0.25) is 0 Å². The molecule has 0 aliphatic carbocycles. The van der Waals surface area contributed by atoms with Crippen LogP contribution < -0.4 is 10.3 Å². The maximum Gasteiger partial charge on any atom is 0.407 e. The minimum atomic E-state index is -0.882. The molecular formula is C18H24N4O4. The van der Waals surface area contributed by atoms with E-state index in [0.29, 0.717) is 12.3 Å². The van der Waals surface area contributed by atoms with E-state index in [1.165, 1.54) is 11.1 Å². The molecule has 0 radical (unpaired) electrons. The molecule has 1 N–H and O–H groups in total. The normalized spacial score (nSPS) is 15.9. The van der Waals surface area contributed by atoms with E-state index >= 15 is 0 Å². The molecule has 2 heterocycles. The zero-order chi connectivity index (χ0) is 18.7. The highest BCUT2D eigenvalue weighted by Crippen LogP contribution is 2.19. The fraction of sp³-hybridized carbons (Fsp3) is 0.500. The number of hydrogen-bond donors (Lipinski definition) is 1. The van der Waals surface area contributed by atoms with E-state index in [-0.39, 0.29) is 11.6 Å². The van der Waals surface area contributed by atoms with Crippen molar-refractivity contribution in [2.75, 3.05) is 33.8 Å². The van der Waals surface area contributed by atoms with E-state index < -0.39 is 6.09 Å². The Kier molecular flexibility index (Phi) is 5.41. The number of carboxylic acid groups (broad SMARTS) is 1. The molecule has 0 bridgehead atoms. The number of nitrogens with zero attached hydrogens (tertiary/aromatic N) is 4. The number of amides is 1. The van der Waals surface area contributed by atoms with Crippen molar-refractivity contribution >= 4 is 17.1 Å². The Morgan fingerprint density at radius 3 is 2.73 bits per heavy atom. The van der Waals surface area contributed by atoms with Crippen LogP contribution in [-0.4, -0.2) is 70.4 Å². The van der Waals surface area contributed by atoms with Gasteiger partial charge < -0.3 is 24.2 Å². The van der Waals surface area contributed by atoms with Crippen LogP contribution in [0.15, 0.2) is 29.2 Å². The molecule has 0 atom stereocenters. The van der Waals surface area contributed by atoms with Crippen LogP contribution >= 0.6 is 0 Å². The van der Waals surface area contributed by atoms with Crippen molar-refractivity contribution in [1.82, 2.24) is 19.4 Å². The quantitative estimate of drug-likeness (QED) is 0.869. The van der Waals surface area contributed by atoms with Crippen molar-refractivity contribution in [3.05, 3.63) is 34.7 Å². The lowest BCUT2D eigenvalue weighted by atomic mass is 10.0. The molecule has 1 aromatic heterocycles. The van der Waals surface area contributed by atoms with Crippen molar-refractivity contribution in [2.45, 2.75) is 25.4 Å². The summed E-state index contributed by atoms with van der Waals surface area (Å²) in [5.41, 5.74) is 1.38. The molecule has 0 saturated carbocycles. The van der Waals surface area contributed by atoms with Gasteiger partial charge in [-0.25, -0.2) is 9.78 Å². The van der Waals surface area contributed by atoms with Crippen molar-refractivity contribution in [2.24, 2.45) is 0 Å². The molecular weight excluding hydrogens is 336 g/mol. The Morgan fingerprint density at radius 2 is 2.08 bits per heavy atom. The van der Waals surface area contributed by atoms with Gasteiger partial charge in [0.15, 0.2) is 0 Å². The van der Waals surface area contributed by atoms with Crippen molar-refractivity contribution < 1.29 is 14.6 Å². The van der Waals surface area contributed by atoms with E-state index in [0.717, 1.165) is 43.5 Å². The third-order valence-corrected chi connectivity index (χ3v) is 5.10. The maximum absolute atomic E-state index is 12.3. The molecule has 1 aromatic carbocycles. The van der Waals surface area contributed by atoms with E-state index in [2.05, 4.69) is 9.88 Å². The largest absolute Gasteiger partial charge is 0.497 e. The van der Waals surface area contributed by atoms with E-state index in [1.807, 2.05) is 18.2 Å². The van der Waals surface area contributed by atoms with Gasteiger partial charge in [0.25, 0.3) is 5.56 Å². The first kappa shape index (κ1) is 18.2. The van der Waals surface area contributed by atoms with E-state index in [1.54, 1.807) is 18.7 Å². The summed E-state index contributed by atoms with van der Waals surface area (Å²) in [5.74, 6) is 0.691. The molecule has 140 valence electrons. The molecule has 2 aromatic rings. The van der Waals surface area contributed by atoms with Gasteiger partial charge in [0.05, 0.1) is 24.3 Å². The molecule has 26 heavy (non-hydrogen) atoms. The molecule has 8 nitrogen and oxygen atoms in total. The van der Waals surface area contributed by atoms with Gasteiger partial charge in [-0.15, -0.1) is 0 Å². The highest BCUT2D eigenvalue weighted by Gasteiger charge is 2.24. The number of carbonyl (C=O) groups is 1. The number of fused-ring (bicyclic) bond motifs is 1. The molecule has 1 saturated heterocycles. The predicted molar refractivity (Wildman–Crippen MR) is 97.8 cm³/mol. The van der Waals surface area contributed by atoms with Crippen LogP contribution in [0.25, 0.3) is 11.0 Å². The van der Waals surface area contributed by atoms with Gasteiger partial charge in [-0.2, -0.15) is 0 Å². The number of rotatable bonds is 5. The van der Waals surface area contributed by atoms with Crippen molar-refractivity contribution in [3.63, 3.8) is 0 Å². The molecule has 1 amide bonds. The highest BCUT2D eigenvalue weighted by molar-refractivity contribution is 5.76. The van der Waals surface area contributed by atoms with Crippen LogP contribution in [0.5, 0.6) is 5.75 Å². The average molecular weight is 360 g/mol. The molecule has 3 rings (SSSR count). The van der Waals surface area contributed by atoms with Gasteiger partial charge in [0, 0.05) is 45.3 Å². The van der Waals surface area contributed by atoms with Crippen molar-refractivity contribution in [3.8, 4) is 5.75 Å². The maximum atomic E-state index is 12.3. The molecule has 1 aliphatic heterocycles. The van der Waals surface area contributed by atoms with Gasteiger partial charge in [0.1, 0.15) is 5.75 Å². The summed E-state index contributed by atoms with van der Waals surface area (Å²) in [6.45, 7) is 2.94. The van der Waals surface area contributed by atoms with E-state index in [4.69, 9.17) is 9.84 Å². The molecule has 1 fully saturated rings. The Labute approximate surface area is 151 Å². The summed E-state index contributed by atoms with van der Waals surface area (Å²) in [6.07, 6.45) is 2.08. The first-order valence-corrected chi connectivity index (χ1v) is 8.71. The fourth-order valence-corrected chi connectivity index (χ4v) is 3.43. The van der Waals surface area contributed by atoms with Gasteiger partial charge in [-0.3, -0.25) is 4.79 Å². The second kappa shape index (κ2) is 7.74. The number of likely N-dealkylation sites (tertiary alicyclic amines) is 1. The number of hydrogen-bond acceptors (Lipinski definition) is 5. The number of benzene rings is 1. The lowest BCUT2D eigenvalue weighted by Gasteiger charge is -2.35. The third kappa shape index (κ3) is 3.80. The van der Waals surface area contributed by atoms with Crippen LogP contribution in [0.3, 0.4) is 0 Å². The lowest BCUT2D eigenvalue weighted by Crippen LogP contribution is -2.46. The fourth-order valence-electron chi connectivity index (χ4n) is 3.43. The van der Waals surface area contributed by atoms with Gasteiger partial charge in [-0.1, -0.05) is 0 Å². The summed E-state index contributed by atoms with van der Waals surface area (Å²) >= 11 is 0. The predicted octanol–water partition coefficient (Wildman–Crippen LogP) is 1.48. The molecule has 0 spiro atoms. The second-order valence-electron chi connectivity index (χ2n) is 6.57. The Morgan fingerprint density at radius 1 is 1.35 bits per heavy atom. The Balaban J connectivity index is 1.68. The standard InChI is InChI=1S/C18H24N4O4/c1-20(18(24)25)13-5-7-21(8-6-13)9-10-22-16-11-14(26-2)3-4-15(16)19-12-17(22)23/h3-4,11-13H,5-10H2,1-2H3,(H,24,25). The molecule has 0 unspecified atom stereocenters. The summed E-state index contributed by atoms with van der Waals surface area (Å²) in [6, 6.07) is 5.57. The minimum Gasteiger partial charge on any atom is -0.497 e. The Bertz CT molecular complexity index is 843. The third-order valence-electron chi connectivity index (χ3n) is 5.10. The summed E-state index contributed by atoms with van der Waals surface area (Å²) in [5, 5.41) is 9.08. The number of piperidine rings is 1. The summed E-state index contributed by atoms with van der Waals surface area (Å²) in [7, 11) is 3.22. The highest BCUT2D eigenvalue weighted by atomic mass is 16.5. The topological polar surface area (TPSA) is 87.9 Å². The van der Waals surface area contributed by atoms with Crippen molar-refractivity contribution in [1.29, 1.82) is 0 Å². The second-order valence-corrected chi connectivity index (χ2v) is 6.57. The minimum absolute atomic E-state index is 0.0671. The summed E-state index contributed by atoms with van der Waals surface area (Å²) in [4.78, 5) is 31.2. The van der Waals surface area contributed by atoms with Crippen LogP contribution in [0.4, 0.5) is 4.79 Å². The zero-order valence-corrected chi connectivity index (χ0v) is 15.1. The van der Waals surface area contributed by atoms with Gasteiger partial charge >= 0.3 is 6.09 Å². The van der Waals surface area contributed by atoms with Gasteiger partial charge in [-0.05, 0) is 25.0 Å². The van der Waals surface area contributed by atoms with E-state index in [9.17, 15) is 9.59 Å². The SMILES string of the molecule is COc1ccc2ncc(=O)n(CCN3CCC(N(C)C(=O)O)CC3)c2c1. The smallest absolute Gasteiger partial charge is 0.407 e. The first-order chi connectivity index (χ1) is 12.5. The number of aromatic nitrogens is 2. The zero-order valence-electron chi connectivity index (χ0n) is 15.1. The lowest BCUT2D eigenvalue weighted by molar-refractivity contribution is 0.104. The number of methoxy groups -OCH3 is 1. The van der Waals surface area contributed by atoms with Crippen LogP contribution in [0.1, 0.15) is 12.8 Å². The monoisotopic (exact) mass is 360 g/mol. The number of ether oxygens (including phenoxy) is 1. The molecule has 8 heteroatoms. The van der Waals surface area contributed by atoms with Crippen LogP contribution in [0.2, 0.25) is 0 Å². The molecule has 1 aliphatic rings. The van der Waals surface area contributed by atoms with Crippen LogP contribution in [-0.2, 0) is 6.54 Å².